The fourth-order valence-electron chi connectivity index (χ4n) is 3.85. The number of hydrogen-bond donors (Lipinski definition) is 1. The summed E-state index contributed by atoms with van der Waals surface area (Å²) >= 11 is 0. The van der Waals surface area contributed by atoms with Gasteiger partial charge in [0.25, 0.3) is 0 Å². The first kappa shape index (κ1) is 13.7. The maximum Gasteiger partial charge on any atom is 0.129 e. The molecule has 1 fully saturated rings. The van der Waals surface area contributed by atoms with Gasteiger partial charge in [0, 0.05) is 18.1 Å². The summed E-state index contributed by atoms with van der Waals surface area (Å²) in [5, 5.41) is 10.5. The summed E-state index contributed by atoms with van der Waals surface area (Å²) in [4.78, 5) is 0. The first-order chi connectivity index (χ1) is 9.55. The van der Waals surface area contributed by atoms with Gasteiger partial charge in [0.05, 0.1) is 13.2 Å². The number of methoxy groups -OCH3 is 1. The third-order valence-corrected chi connectivity index (χ3v) is 5.37. The fraction of sp³-hybridized carbons (Fsp3) is 0.647. The molecule has 3 rings (SSSR count). The third-order valence-electron chi connectivity index (χ3n) is 5.37. The molecule has 1 aliphatic carbocycles. The van der Waals surface area contributed by atoms with E-state index in [9.17, 15) is 5.11 Å². The van der Waals surface area contributed by atoms with Crippen molar-refractivity contribution < 1.29 is 14.6 Å². The van der Waals surface area contributed by atoms with Crippen molar-refractivity contribution in [3.05, 3.63) is 23.8 Å². The van der Waals surface area contributed by atoms with Crippen molar-refractivity contribution in [3.63, 3.8) is 0 Å². The molecule has 1 aromatic carbocycles. The van der Waals surface area contributed by atoms with Gasteiger partial charge < -0.3 is 14.6 Å². The average Bonchev–Trinajstić information content (AvgIpc) is 2.44. The van der Waals surface area contributed by atoms with Crippen molar-refractivity contribution in [2.45, 2.75) is 51.2 Å². The predicted molar refractivity (Wildman–Crippen MR) is 78.1 cm³/mol. The second-order valence-electron chi connectivity index (χ2n) is 6.45. The zero-order valence-corrected chi connectivity index (χ0v) is 12.6. The van der Waals surface area contributed by atoms with E-state index in [1.165, 1.54) is 12.8 Å². The topological polar surface area (TPSA) is 38.7 Å². The van der Waals surface area contributed by atoms with Gasteiger partial charge in [-0.2, -0.15) is 0 Å². The second kappa shape index (κ2) is 4.96. The van der Waals surface area contributed by atoms with Crippen LogP contribution in [0.2, 0.25) is 0 Å². The largest absolute Gasteiger partial charge is 0.497 e. The van der Waals surface area contributed by atoms with Crippen molar-refractivity contribution >= 4 is 0 Å². The maximum atomic E-state index is 10.5. The van der Waals surface area contributed by atoms with Crippen LogP contribution in [0.1, 0.15) is 51.2 Å². The minimum absolute atomic E-state index is 0.212. The van der Waals surface area contributed by atoms with Crippen LogP contribution in [0.4, 0.5) is 0 Å². The SMILES string of the molecule is COc1ccc2c(c1)OC1(CCCC(C)C1C)C[C@H]2O. The average molecular weight is 276 g/mol. The summed E-state index contributed by atoms with van der Waals surface area (Å²) in [5.41, 5.74) is 0.679. The number of ether oxygens (including phenoxy) is 2. The zero-order chi connectivity index (χ0) is 14.3. The summed E-state index contributed by atoms with van der Waals surface area (Å²) in [5.74, 6) is 2.68. The van der Waals surface area contributed by atoms with Gasteiger partial charge in [0.1, 0.15) is 17.1 Å². The Kier molecular flexibility index (Phi) is 3.41. The molecular weight excluding hydrogens is 252 g/mol. The van der Waals surface area contributed by atoms with Gasteiger partial charge in [-0.05, 0) is 36.8 Å². The van der Waals surface area contributed by atoms with E-state index in [1.807, 2.05) is 18.2 Å². The first-order valence-corrected chi connectivity index (χ1v) is 7.61. The van der Waals surface area contributed by atoms with E-state index in [-0.39, 0.29) is 5.60 Å². The Balaban J connectivity index is 1.98. The van der Waals surface area contributed by atoms with E-state index < -0.39 is 6.10 Å². The summed E-state index contributed by atoms with van der Waals surface area (Å²) in [6.45, 7) is 4.56. The Morgan fingerprint density at radius 3 is 2.90 bits per heavy atom. The highest BCUT2D eigenvalue weighted by Crippen LogP contribution is 2.50. The summed E-state index contributed by atoms with van der Waals surface area (Å²) < 4.78 is 11.7. The van der Waals surface area contributed by atoms with Crippen LogP contribution in [0, 0.1) is 11.8 Å². The van der Waals surface area contributed by atoms with E-state index >= 15 is 0 Å². The standard InChI is InChI=1S/C17H24O3/c1-11-5-4-8-17(12(11)2)10-15(18)14-7-6-13(19-3)9-16(14)20-17/h6-7,9,11-12,15,18H,4-5,8,10H2,1-3H3/t11?,12?,15-,17?/m1/s1. The lowest BCUT2D eigenvalue weighted by molar-refractivity contribution is -0.0880. The second-order valence-corrected chi connectivity index (χ2v) is 6.45. The van der Waals surface area contributed by atoms with Crippen molar-refractivity contribution in [1.29, 1.82) is 0 Å². The van der Waals surface area contributed by atoms with Gasteiger partial charge in [0.15, 0.2) is 0 Å². The van der Waals surface area contributed by atoms with Crippen LogP contribution in [0.3, 0.4) is 0 Å². The number of aliphatic hydroxyl groups is 1. The molecule has 3 unspecified atom stereocenters. The normalized spacial score (nSPS) is 36.3. The minimum atomic E-state index is -0.433. The highest BCUT2D eigenvalue weighted by molar-refractivity contribution is 5.44. The number of rotatable bonds is 1. The molecule has 3 heteroatoms. The quantitative estimate of drug-likeness (QED) is 0.850. The highest BCUT2D eigenvalue weighted by atomic mass is 16.5. The van der Waals surface area contributed by atoms with E-state index in [0.29, 0.717) is 18.3 Å². The lowest BCUT2D eigenvalue weighted by atomic mass is 9.67. The summed E-state index contributed by atoms with van der Waals surface area (Å²) in [6.07, 6.45) is 3.74. The Hall–Kier alpha value is -1.22. The molecule has 1 heterocycles. The van der Waals surface area contributed by atoms with Gasteiger partial charge in [-0.1, -0.05) is 20.3 Å². The third kappa shape index (κ3) is 2.08. The molecule has 1 aromatic rings. The smallest absolute Gasteiger partial charge is 0.129 e. The van der Waals surface area contributed by atoms with Crippen LogP contribution < -0.4 is 9.47 Å². The molecule has 1 N–H and O–H groups in total. The summed E-state index contributed by atoms with van der Waals surface area (Å²) in [7, 11) is 1.65. The maximum absolute atomic E-state index is 10.5. The van der Waals surface area contributed by atoms with Gasteiger partial charge >= 0.3 is 0 Å². The molecule has 3 nitrogen and oxygen atoms in total. The minimum Gasteiger partial charge on any atom is -0.497 e. The number of hydrogen-bond acceptors (Lipinski definition) is 3. The molecule has 110 valence electrons. The van der Waals surface area contributed by atoms with Crippen LogP contribution in [0.15, 0.2) is 18.2 Å². The number of benzene rings is 1. The van der Waals surface area contributed by atoms with Crippen molar-refractivity contribution in [2.24, 2.45) is 11.8 Å². The number of fused-ring (bicyclic) bond motifs is 1. The van der Waals surface area contributed by atoms with E-state index in [1.54, 1.807) is 7.11 Å². The molecule has 0 amide bonds. The molecule has 1 saturated carbocycles. The molecule has 0 saturated heterocycles. The van der Waals surface area contributed by atoms with Gasteiger partial charge in [-0.3, -0.25) is 0 Å². The summed E-state index contributed by atoms with van der Waals surface area (Å²) in [6, 6.07) is 5.71. The van der Waals surface area contributed by atoms with Crippen molar-refractivity contribution in [3.8, 4) is 11.5 Å². The Morgan fingerprint density at radius 2 is 2.15 bits per heavy atom. The monoisotopic (exact) mass is 276 g/mol. The van der Waals surface area contributed by atoms with Crippen molar-refractivity contribution in [2.75, 3.05) is 7.11 Å². The molecular formula is C17H24O3. The molecule has 0 aromatic heterocycles. The van der Waals surface area contributed by atoms with Gasteiger partial charge in [0.2, 0.25) is 0 Å². The molecule has 0 radical (unpaired) electrons. The van der Waals surface area contributed by atoms with Crippen LogP contribution in [0.5, 0.6) is 11.5 Å². The molecule has 2 aliphatic rings. The van der Waals surface area contributed by atoms with Crippen LogP contribution in [-0.2, 0) is 0 Å². The van der Waals surface area contributed by atoms with E-state index in [4.69, 9.17) is 9.47 Å². The van der Waals surface area contributed by atoms with Crippen LogP contribution >= 0.6 is 0 Å². The van der Waals surface area contributed by atoms with Crippen LogP contribution in [-0.4, -0.2) is 17.8 Å². The van der Waals surface area contributed by atoms with Crippen molar-refractivity contribution in [1.82, 2.24) is 0 Å². The molecule has 20 heavy (non-hydrogen) atoms. The fourth-order valence-corrected chi connectivity index (χ4v) is 3.85. The Labute approximate surface area is 120 Å². The van der Waals surface area contributed by atoms with E-state index in [0.717, 1.165) is 23.5 Å². The lowest BCUT2D eigenvalue weighted by Gasteiger charge is -2.49. The Morgan fingerprint density at radius 1 is 1.35 bits per heavy atom. The molecule has 1 spiro atoms. The Bertz CT molecular complexity index is 499. The molecule has 0 bridgehead atoms. The van der Waals surface area contributed by atoms with E-state index in [2.05, 4.69) is 13.8 Å². The highest BCUT2D eigenvalue weighted by Gasteiger charge is 2.48. The van der Waals surface area contributed by atoms with Gasteiger partial charge in [-0.25, -0.2) is 0 Å². The van der Waals surface area contributed by atoms with Gasteiger partial charge in [-0.15, -0.1) is 0 Å². The number of aliphatic hydroxyl groups excluding tert-OH is 1. The van der Waals surface area contributed by atoms with Crippen LogP contribution in [0.25, 0.3) is 0 Å². The molecule has 4 atom stereocenters. The first-order valence-electron chi connectivity index (χ1n) is 7.61. The molecule has 1 aliphatic heterocycles. The lowest BCUT2D eigenvalue weighted by Crippen LogP contribution is -2.50. The zero-order valence-electron chi connectivity index (χ0n) is 12.6. The predicted octanol–water partition coefficient (Wildman–Crippen LogP) is 3.71.